The van der Waals surface area contributed by atoms with Crippen molar-refractivity contribution in [3.63, 3.8) is 0 Å². The fraction of sp³-hybridized carbons (Fsp3) is 0.348. The number of amides is 1. The van der Waals surface area contributed by atoms with E-state index in [2.05, 4.69) is 77.3 Å². The topological polar surface area (TPSA) is 59.8 Å². The van der Waals surface area contributed by atoms with E-state index in [-0.39, 0.29) is 5.91 Å². The zero-order valence-corrected chi connectivity index (χ0v) is 19.8. The SMILES string of the molecule is CCn1c(CSc2ccc(C)cc2)nnc1SCC(=O)Nc1c(C)cc(C)cc1C. The normalized spacial score (nSPS) is 11.0. The van der Waals surface area contributed by atoms with Gasteiger partial charge in [-0.05, 0) is 57.9 Å². The van der Waals surface area contributed by atoms with Gasteiger partial charge < -0.3 is 9.88 Å². The Kier molecular flexibility index (Phi) is 7.61. The van der Waals surface area contributed by atoms with Gasteiger partial charge in [-0.15, -0.1) is 22.0 Å². The number of benzene rings is 2. The van der Waals surface area contributed by atoms with Crippen molar-refractivity contribution in [2.45, 2.75) is 57.0 Å². The van der Waals surface area contributed by atoms with E-state index in [0.29, 0.717) is 5.75 Å². The average Bonchev–Trinajstić information content (AvgIpc) is 3.10. The van der Waals surface area contributed by atoms with Gasteiger partial charge in [-0.1, -0.05) is 47.2 Å². The summed E-state index contributed by atoms with van der Waals surface area (Å²) in [6.45, 7) is 11.0. The van der Waals surface area contributed by atoms with Crippen molar-refractivity contribution >= 4 is 35.1 Å². The van der Waals surface area contributed by atoms with Crippen LogP contribution in [0.25, 0.3) is 0 Å². The molecule has 5 nitrogen and oxygen atoms in total. The molecule has 7 heteroatoms. The number of carbonyl (C=O) groups excluding carboxylic acids is 1. The first-order valence-corrected chi connectivity index (χ1v) is 12.0. The van der Waals surface area contributed by atoms with Crippen molar-refractivity contribution in [3.05, 3.63) is 64.5 Å². The molecule has 0 radical (unpaired) electrons. The van der Waals surface area contributed by atoms with Gasteiger partial charge in [-0.25, -0.2) is 0 Å². The Morgan fingerprint density at radius 2 is 1.63 bits per heavy atom. The molecule has 1 N–H and O–H groups in total. The molecule has 0 saturated heterocycles. The fourth-order valence-electron chi connectivity index (χ4n) is 3.32. The molecule has 1 heterocycles. The lowest BCUT2D eigenvalue weighted by Gasteiger charge is -2.13. The summed E-state index contributed by atoms with van der Waals surface area (Å²) in [4.78, 5) is 13.7. The van der Waals surface area contributed by atoms with Crippen LogP contribution in [0.3, 0.4) is 0 Å². The number of carbonyl (C=O) groups is 1. The van der Waals surface area contributed by atoms with Gasteiger partial charge in [0.15, 0.2) is 5.16 Å². The molecule has 0 unspecified atom stereocenters. The van der Waals surface area contributed by atoms with Gasteiger partial charge in [0, 0.05) is 17.1 Å². The van der Waals surface area contributed by atoms with Crippen LogP contribution in [0.4, 0.5) is 5.69 Å². The van der Waals surface area contributed by atoms with Crippen LogP contribution in [0.2, 0.25) is 0 Å². The molecule has 0 aliphatic heterocycles. The number of rotatable bonds is 8. The summed E-state index contributed by atoms with van der Waals surface area (Å²) >= 11 is 3.17. The van der Waals surface area contributed by atoms with Crippen molar-refractivity contribution in [1.29, 1.82) is 0 Å². The quantitative estimate of drug-likeness (QED) is 0.465. The minimum Gasteiger partial charge on any atom is -0.325 e. The molecule has 3 aromatic rings. The van der Waals surface area contributed by atoms with Crippen LogP contribution in [0.15, 0.2) is 46.5 Å². The second-order valence-corrected chi connectivity index (χ2v) is 9.35. The average molecular weight is 441 g/mol. The van der Waals surface area contributed by atoms with Crippen molar-refractivity contribution in [1.82, 2.24) is 14.8 Å². The fourth-order valence-corrected chi connectivity index (χ4v) is 4.97. The van der Waals surface area contributed by atoms with Gasteiger partial charge in [0.1, 0.15) is 5.82 Å². The summed E-state index contributed by atoms with van der Waals surface area (Å²) in [5, 5.41) is 12.5. The minimum atomic E-state index is -0.0312. The van der Waals surface area contributed by atoms with Gasteiger partial charge in [-0.2, -0.15) is 0 Å². The molecule has 2 aromatic carbocycles. The number of nitrogens with one attached hydrogen (secondary N) is 1. The van der Waals surface area contributed by atoms with Crippen LogP contribution in [-0.2, 0) is 17.1 Å². The summed E-state index contributed by atoms with van der Waals surface area (Å²) < 4.78 is 2.08. The summed E-state index contributed by atoms with van der Waals surface area (Å²) in [5.74, 6) is 1.95. The van der Waals surface area contributed by atoms with Gasteiger partial charge in [-0.3, -0.25) is 4.79 Å². The maximum Gasteiger partial charge on any atom is 0.234 e. The Morgan fingerprint density at radius 1 is 0.967 bits per heavy atom. The van der Waals surface area contributed by atoms with Gasteiger partial charge in [0.05, 0.1) is 11.5 Å². The highest BCUT2D eigenvalue weighted by atomic mass is 32.2. The van der Waals surface area contributed by atoms with Gasteiger partial charge in [0.25, 0.3) is 0 Å². The molecular weight excluding hydrogens is 412 g/mol. The predicted molar refractivity (Wildman–Crippen MR) is 126 cm³/mol. The van der Waals surface area contributed by atoms with Gasteiger partial charge in [0.2, 0.25) is 5.91 Å². The maximum absolute atomic E-state index is 12.5. The zero-order chi connectivity index (χ0) is 21.7. The molecular formula is C23H28N4OS2. The molecule has 0 bridgehead atoms. The molecule has 1 amide bonds. The van der Waals surface area contributed by atoms with E-state index >= 15 is 0 Å². The van der Waals surface area contributed by atoms with Crippen LogP contribution < -0.4 is 5.32 Å². The summed E-state index contributed by atoms with van der Waals surface area (Å²) in [5.41, 5.74) is 5.52. The van der Waals surface area contributed by atoms with E-state index in [0.717, 1.165) is 40.1 Å². The monoisotopic (exact) mass is 440 g/mol. The molecule has 3 rings (SSSR count). The Bertz CT molecular complexity index is 1010. The highest BCUT2D eigenvalue weighted by Gasteiger charge is 2.14. The standard InChI is InChI=1S/C23H28N4OS2/c1-6-27-20(13-29-19-9-7-15(2)8-10-19)25-26-23(27)30-14-21(28)24-22-17(4)11-16(3)12-18(22)5/h7-12H,6,13-14H2,1-5H3,(H,24,28). The number of aryl methyl sites for hydroxylation is 4. The lowest BCUT2D eigenvalue weighted by Crippen LogP contribution is -2.16. The zero-order valence-electron chi connectivity index (χ0n) is 18.2. The summed E-state index contributed by atoms with van der Waals surface area (Å²) in [6.07, 6.45) is 0. The summed E-state index contributed by atoms with van der Waals surface area (Å²) in [6, 6.07) is 12.7. The first-order valence-electron chi connectivity index (χ1n) is 9.99. The van der Waals surface area contributed by atoms with E-state index < -0.39 is 0 Å². The van der Waals surface area contributed by atoms with Crippen molar-refractivity contribution in [2.24, 2.45) is 0 Å². The van der Waals surface area contributed by atoms with Crippen LogP contribution in [0, 0.1) is 27.7 Å². The molecule has 0 saturated carbocycles. The lowest BCUT2D eigenvalue weighted by molar-refractivity contribution is -0.113. The highest BCUT2D eigenvalue weighted by molar-refractivity contribution is 7.99. The van der Waals surface area contributed by atoms with Crippen molar-refractivity contribution < 1.29 is 4.79 Å². The molecule has 0 fully saturated rings. The largest absolute Gasteiger partial charge is 0.325 e. The Labute approximate surface area is 187 Å². The van der Waals surface area contributed by atoms with E-state index in [1.807, 2.05) is 13.8 Å². The molecule has 0 aliphatic rings. The minimum absolute atomic E-state index is 0.0312. The second-order valence-electron chi connectivity index (χ2n) is 7.36. The molecule has 0 spiro atoms. The molecule has 1 aromatic heterocycles. The number of hydrogen-bond acceptors (Lipinski definition) is 5. The Balaban J connectivity index is 1.60. The first kappa shape index (κ1) is 22.4. The van der Waals surface area contributed by atoms with E-state index in [4.69, 9.17) is 0 Å². The Morgan fingerprint density at radius 3 is 2.27 bits per heavy atom. The third-order valence-corrected chi connectivity index (χ3v) is 6.75. The molecule has 0 aliphatic carbocycles. The third-order valence-electron chi connectivity index (χ3n) is 4.77. The van der Waals surface area contributed by atoms with Crippen LogP contribution in [0.5, 0.6) is 0 Å². The molecule has 0 atom stereocenters. The van der Waals surface area contributed by atoms with Gasteiger partial charge >= 0.3 is 0 Å². The highest BCUT2D eigenvalue weighted by Crippen LogP contribution is 2.26. The van der Waals surface area contributed by atoms with E-state index in [1.165, 1.54) is 27.8 Å². The molecule has 30 heavy (non-hydrogen) atoms. The molecule has 158 valence electrons. The van der Waals surface area contributed by atoms with Crippen LogP contribution in [0.1, 0.15) is 35.0 Å². The lowest BCUT2D eigenvalue weighted by atomic mass is 10.1. The van der Waals surface area contributed by atoms with Crippen molar-refractivity contribution in [3.8, 4) is 0 Å². The summed E-state index contributed by atoms with van der Waals surface area (Å²) in [7, 11) is 0. The number of nitrogens with zero attached hydrogens (tertiary/aromatic N) is 3. The first-order chi connectivity index (χ1) is 14.4. The maximum atomic E-state index is 12.5. The van der Waals surface area contributed by atoms with Crippen molar-refractivity contribution in [2.75, 3.05) is 11.1 Å². The number of aromatic nitrogens is 3. The van der Waals surface area contributed by atoms with E-state index in [1.54, 1.807) is 11.8 Å². The Hall–Kier alpha value is -2.25. The predicted octanol–water partition coefficient (Wildman–Crippen LogP) is 5.55. The number of thioether (sulfide) groups is 2. The number of hydrogen-bond donors (Lipinski definition) is 1. The van der Waals surface area contributed by atoms with E-state index in [9.17, 15) is 4.79 Å². The number of anilines is 1. The van der Waals surface area contributed by atoms with Crippen LogP contribution in [-0.4, -0.2) is 26.4 Å². The second kappa shape index (κ2) is 10.2. The smallest absolute Gasteiger partial charge is 0.234 e. The third kappa shape index (κ3) is 5.67. The van der Waals surface area contributed by atoms with Crippen LogP contribution >= 0.6 is 23.5 Å².